The molecule has 0 bridgehead atoms. The van der Waals surface area contributed by atoms with Gasteiger partial charge in [0.25, 0.3) is 15.7 Å². The Morgan fingerprint density at radius 3 is 2.21 bits per heavy atom. The first-order valence-electron chi connectivity index (χ1n) is 14.0. The molecule has 0 saturated heterocycles. The Balaban J connectivity index is 2.11. The Morgan fingerprint density at radius 1 is 1.00 bits per heavy atom. The van der Waals surface area contributed by atoms with E-state index in [1.807, 2.05) is 38.1 Å². The second-order valence-electron chi connectivity index (χ2n) is 10.1. The smallest absolute Gasteiger partial charge is 0.273 e. The lowest BCUT2D eigenvalue weighted by Gasteiger charge is -2.33. The van der Waals surface area contributed by atoms with Crippen LogP contribution < -0.4 is 14.4 Å². The van der Waals surface area contributed by atoms with Crippen molar-refractivity contribution in [3.63, 3.8) is 0 Å². The number of aryl methyl sites for hydroxylation is 2. The number of nitro groups is 1. The van der Waals surface area contributed by atoms with E-state index in [0.29, 0.717) is 30.7 Å². The molecule has 0 radical (unpaired) electrons. The summed E-state index contributed by atoms with van der Waals surface area (Å²) in [6.07, 6.45) is 1.01. The summed E-state index contributed by atoms with van der Waals surface area (Å²) in [5.41, 5.74) is 1.88. The molecule has 11 nitrogen and oxygen atoms in total. The summed E-state index contributed by atoms with van der Waals surface area (Å²) >= 11 is 0. The van der Waals surface area contributed by atoms with Crippen LogP contribution in [0.1, 0.15) is 43.4 Å². The van der Waals surface area contributed by atoms with Crippen LogP contribution in [0.15, 0.2) is 71.6 Å². The van der Waals surface area contributed by atoms with Crippen LogP contribution in [0.4, 0.5) is 11.4 Å². The number of hydrogen-bond acceptors (Lipinski definition) is 7. The van der Waals surface area contributed by atoms with Crippen LogP contribution in [0.2, 0.25) is 0 Å². The number of nitro benzene ring substituents is 1. The third-order valence-corrected chi connectivity index (χ3v) is 8.78. The van der Waals surface area contributed by atoms with Gasteiger partial charge in [-0.3, -0.25) is 24.0 Å². The summed E-state index contributed by atoms with van der Waals surface area (Å²) in [6.45, 7) is 7.01. The maximum Gasteiger partial charge on any atom is 0.273 e. The molecule has 0 aliphatic rings. The first-order chi connectivity index (χ1) is 20.4. The Labute approximate surface area is 252 Å². The molecule has 0 spiro atoms. The average Bonchev–Trinajstić information content (AvgIpc) is 2.99. The van der Waals surface area contributed by atoms with Gasteiger partial charge in [-0.1, -0.05) is 49.7 Å². The van der Waals surface area contributed by atoms with Gasteiger partial charge in [-0.05, 0) is 62.6 Å². The van der Waals surface area contributed by atoms with Crippen LogP contribution in [0.25, 0.3) is 0 Å². The number of carbonyl (C=O) groups is 2. The van der Waals surface area contributed by atoms with Gasteiger partial charge in [0.1, 0.15) is 18.3 Å². The number of methoxy groups -OCH3 is 1. The minimum atomic E-state index is -4.48. The van der Waals surface area contributed by atoms with Gasteiger partial charge in [-0.2, -0.15) is 0 Å². The van der Waals surface area contributed by atoms with Crippen LogP contribution >= 0.6 is 0 Å². The predicted octanol–water partition coefficient (Wildman–Crippen LogP) is 4.75. The zero-order valence-corrected chi connectivity index (χ0v) is 25.9. The van der Waals surface area contributed by atoms with Gasteiger partial charge in [0.15, 0.2) is 0 Å². The molecule has 2 amide bonds. The maximum atomic E-state index is 14.1. The molecule has 3 aromatic carbocycles. The molecule has 0 aromatic heterocycles. The number of nitrogens with one attached hydrogen (secondary N) is 1. The topological polar surface area (TPSA) is 139 Å². The highest BCUT2D eigenvalue weighted by Gasteiger charge is 2.34. The third-order valence-electron chi connectivity index (χ3n) is 7.01. The van der Waals surface area contributed by atoms with Crippen molar-refractivity contribution in [1.29, 1.82) is 0 Å². The first-order valence-corrected chi connectivity index (χ1v) is 15.4. The minimum Gasteiger partial charge on any atom is -0.497 e. The highest BCUT2D eigenvalue weighted by Crippen LogP contribution is 2.29. The van der Waals surface area contributed by atoms with Crippen LogP contribution in [0.3, 0.4) is 0 Å². The fraction of sp³-hybridized carbons (Fsp3) is 0.355. The summed E-state index contributed by atoms with van der Waals surface area (Å²) in [4.78, 5) is 39.3. The Morgan fingerprint density at radius 2 is 1.65 bits per heavy atom. The fourth-order valence-electron chi connectivity index (χ4n) is 4.53. The van der Waals surface area contributed by atoms with Gasteiger partial charge in [-0.15, -0.1) is 0 Å². The zero-order valence-electron chi connectivity index (χ0n) is 25.1. The van der Waals surface area contributed by atoms with E-state index in [1.54, 1.807) is 19.1 Å². The van der Waals surface area contributed by atoms with Crippen LogP contribution in [-0.2, 0) is 26.2 Å². The second kappa shape index (κ2) is 14.6. The molecule has 0 unspecified atom stereocenters. The van der Waals surface area contributed by atoms with E-state index < -0.39 is 33.4 Å². The number of ether oxygens (including phenoxy) is 1. The third kappa shape index (κ3) is 8.10. The lowest BCUT2D eigenvalue weighted by atomic mass is 10.1. The van der Waals surface area contributed by atoms with E-state index in [-0.39, 0.29) is 28.7 Å². The summed E-state index contributed by atoms with van der Waals surface area (Å²) in [5, 5.41) is 14.5. The van der Waals surface area contributed by atoms with E-state index >= 15 is 0 Å². The molecule has 1 atom stereocenters. The standard InChI is InChI=1S/C31H38N4O7S/c1-6-18-32-31(37)28(7-2)33(20-24-11-8-22(3)9-12-24)30(36)21-34(25-13-15-26(42-5)16-14-25)43(40,41)27-17-10-23(4)29(19-27)35(38)39/h8-17,19,28H,6-7,18,20-21H2,1-5H3,(H,32,37)/t28-/m1/s1. The summed E-state index contributed by atoms with van der Waals surface area (Å²) in [6, 6.07) is 16.3. The van der Waals surface area contributed by atoms with Crippen molar-refractivity contribution >= 4 is 33.2 Å². The second-order valence-corrected chi connectivity index (χ2v) is 12.0. The summed E-state index contributed by atoms with van der Waals surface area (Å²) in [5.74, 6) is -0.476. The molecule has 43 heavy (non-hydrogen) atoms. The Bertz CT molecular complexity index is 1540. The van der Waals surface area contributed by atoms with Gasteiger partial charge < -0.3 is 15.0 Å². The monoisotopic (exact) mass is 610 g/mol. The average molecular weight is 611 g/mol. The minimum absolute atomic E-state index is 0.0731. The first kappa shape index (κ1) is 33.1. The van der Waals surface area contributed by atoms with Crippen molar-refractivity contribution in [1.82, 2.24) is 10.2 Å². The van der Waals surface area contributed by atoms with Gasteiger partial charge in [0.2, 0.25) is 11.8 Å². The van der Waals surface area contributed by atoms with Crippen molar-refractivity contribution in [2.75, 3.05) is 24.5 Å². The lowest BCUT2D eigenvalue weighted by molar-refractivity contribution is -0.385. The largest absolute Gasteiger partial charge is 0.497 e. The highest BCUT2D eigenvalue weighted by atomic mass is 32.2. The molecule has 12 heteroatoms. The lowest BCUT2D eigenvalue weighted by Crippen LogP contribution is -2.52. The maximum absolute atomic E-state index is 14.1. The molecule has 0 aliphatic carbocycles. The molecule has 3 aromatic rings. The van der Waals surface area contributed by atoms with Crippen molar-refractivity contribution in [2.45, 2.75) is 58.0 Å². The van der Waals surface area contributed by atoms with Crippen LogP contribution in [0.5, 0.6) is 5.75 Å². The number of amides is 2. The number of benzene rings is 3. The number of carbonyl (C=O) groups excluding carboxylic acids is 2. The number of anilines is 1. The molecule has 1 N–H and O–H groups in total. The van der Waals surface area contributed by atoms with Crippen molar-refractivity contribution in [2.24, 2.45) is 0 Å². The van der Waals surface area contributed by atoms with E-state index in [1.165, 1.54) is 43.2 Å². The molecule has 230 valence electrons. The number of sulfonamides is 1. The Hall–Kier alpha value is -4.45. The molecule has 0 heterocycles. The molecular formula is C31H38N4O7S. The summed E-state index contributed by atoms with van der Waals surface area (Å²) < 4.78 is 34.2. The van der Waals surface area contributed by atoms with E-state index in [9.17, 15) is 28.1 Å². The number of hydrogen-bond donors (Lipinski definition) is 1. The van der Waals surface area contributed by atoms with Gasteiger partial charge in [0, 0.05) is 24.7 Å². The van der Waals surface area contributed by atoms with Gasteiger partial charge in [0.05, 0.1) is 22.6 Å². The van der Waals surface area contributed by atoms with E-state index in [4.69, 9.17) is 4.74 Å². The normalized spacial score (nSPS) is 11.8. The molecule has 0 saturated carbocycles. The van der Waals surface area contributed by atoms with Crippen molar-refractivity contribution in [3.8, 4) is 5.75 Å². The SMILES string of the molecule is CCCNC(=O)[C@@H](CC)N(Cc1ccc(C)cc1)C(=O)CN(c1ccc(OC)cc1)S(=O)(=O)c1ccc(C)c([N+](=O)[O-])c1. The number of nitrogens with zero attached hydrogens (tertiary/aromatic N) is 3. The van der Waals surface area contributed by atoms with Gasteiger partial charge >= 0.3 is 0 Å². The highest BCUT2D eigenvalue weighted by molar-refractivity contribution is 7.92. The van der Waals surface area contributed by atoms with Crippen molar-refractivity contribution < 1.29 is 27.7 Å². The van der Waals surface area contributed by atoms with E-state index in [2.05, 4.69) is 5.32 Å². The molecule has 3 rings (SSSR count). The number of rotatable bonds is 14. The van der Waals surface area contributed by atoms with Crippen molar-refractivity contribution in [3.05, 3.63) is 93.5 Å². The Kier molecular flexibility index (Phi) is 11.2. The molecule has 0 fully saturated rings. The molecular weight excluding hydrogens is 572 g/mol. The van der Waals surface area contributed by atoms with Crippen LogP contribution in [-0.4, -0.2) is 56.3 Å². The molecule has 0 aliphatic heterocycles. The van der Waals surface area contributed by atoms with Crippen LogP contribution in [0, 0.1) is 24.0 Å². The predicted molar refractivity (Wildman–Crippen MR) is 164 cm³/mol. The fourth-order valence-corrected chi connectivity index (χ4v) is 5.96. The quantitative estimate of drug-likeness (QED) is 0.205. The van der Waals surface area contributed by atoms with E-state index in [0.717, 1.165) is 21.5 Å². The zero-order chi connectivity index (χ0) is 31.7. The van der Waals surface area contributed by atoms with Gasteiger partial charge in [-0.25, -0.2) is 8.42 Å². The summed E-state index contributed by atoms with van der Waals surface area (Å²) in [7, 11) is -3.01.